The van der Waals surface area contributed by atoms with Crippen LogP contribution in [-0.2, 0) is 9.47 Å². The molecule has 0 radical (unpaired) electrons. The van der Waals surface area contributed by atoms with Gasteiger partial charge in [-0.1, -0.05) is 0 Å². The normalized spacial score (nSPS) is 22.4. The third-order valence-electron chi connectivity index (χ3n) is 5.50. The number of ether oxygens (including phenoxy) is 2. The van der Waals surface area contributed by atoms with Crippen molar-refractivity contribution in [2.45, 2.75) is 87.6 Å². The average Bonchev–Trinajstić information content (AvgIpc) is 3.19. The number of hydrogen-bond donors (Lipinski definition) is 4. The predicted molar refractivity (Wildman–Crippen MR) is 120 cm³/mol. The second-order valence-corrected chi connectivity index (χ2v) is 26.6. The summed E-state index contributed by atoms with van der Waals surface area (Å²) >= 11 is 0. The Balaban J connectivity index is 3.14. The molecule has 1 saturated heterocycles. The van der Waals surface area contributed by atoms with Crippen molar-refractivity contribution in [2.75, 3.05) is 19.8 Å². The zero-order chi connectivity index (χ0) is 21.3. The minimum absolute atomic E-state index is 0.0791. The molecule has 0 aliphatic carbocycles. The predicted octanol–water partition coefficient (Wildman–Crippen LogP) is 2.69. The highest BCUT2D eigenvalue weighted by Crippen LogP contribution is 2.54. The maximum atomic E-state index is 11.2. The quantitative estimate of drug-likeness (QED) is 0.205. The van der Waals surface area contributed by atoms with E-state index in [0.29, 0.717) is 25.7 Å². The number of epoxide rings is 1. The van der Waals surface area contributed by atoms with Crippen LogP contribution in [0.15, 0.2) is 0 Å². The minimum Gasteiger partial charge on any atom is -0.432 e. The summed E-state index contributed by atoms with van der Waals surface area (Å²) in [4.78, 5) is 44.0. The van der Waals surface area contributed by atoms with Crippen LogP contribution in [0.5, 0.6) is 0 Å². The van der Waals surface area contributed by atoms with Crippen LogP contribution in [-0.4, -0.2) is 78.4 Å². The molecule has 0 spiro atoms. The molecule has 10 heteroatoms. The first-order chi connectivity index (χ1) is 11.9. The van der Waals surface area contributed by atoms with Crippen molar-refractivity contribution >= 4 is 33.3 Å². The van der Waals surface area contributed by atoms with Crippen molar-refractivity contribution < 1.29 is 28.7 Å². The Morgan fingerprint density at radius 1 is 0.852 bits per heavy atom. The summed E-state index contributed by atoms with van der Waals surface area (Å²) in [5.74, 6) is 0. The fourth-order valence-electron chi connectivity index (χ4n) is 4.18. The summed E-state index contributed by atoms with van der Waals surface area (Å²) < 4.78 is 10.9. The summed E-state index contributed by atoms with van der Waals surface area (Å²) in [7, 11) is -10.5. The highest BCUT2D eigenvalue weighted by Gasteiger charge is 2.53. The molecule has 0 aromatic rings. The van der Waals surface area contributed by atoms with E-state index in [2.05, 4.69) is 0 Å². The Bertz CT molecular complexity index is 460. The van der Waals surface area contributed by atoms with Crippen molar-refractivity contribution in [1.29, 1.82) is 0 Å². The lowest BCUT2D eigenvalue weighted by atomic mass is 10.2. The molecule has 4 unspecified atom stereocenters. The van der Waals surface area contributed by atoms with Gasteiger partial charge in [-0.05, 0) is 81.5 Å². The van der Waals surface area contributed by atoms with Crippen LogP contribution in [0.1, 0.15) is 6.42 Å². The molecule has 0 saturated carbocycles. The van der Waals surface area contributed by atoms with Crippen molar-refractivity contribution in [2.24, 2.45) is 0 Å². The molecule has 0 amide bonds. The van der Waals surface area contributed by atoms with Crippen LogP contribution >= 0.6 is 0 Å². The van der Waals surface area contributed by atoms with Crippen LogP contribution < -0.4 is 0 Å². The van der Waals surface area contributed by atoms with Gasteiger partial charge in [0.25, 0.3) is 0 Å². The van der Waals surface area contributed by atoms with Crippen LogP contribution in [0.4, 0.5) is 0 Å². The highest BCUT2D eigenvalue weighted by molar-refractivity contribution is 6.82. The topological polar surface area (TPSA) is 103 Å². The lowest BCUT2D eigenvalue weighted by Crippen LogP contribution is -2.52. The summed E-state index contributed by atoms with van der Waals surface area (Å²) in [6.45, 7) is 17.1. The van der Waals surface area contributed by atoms with Gasteiger partial charge in [0.1, 0.15) is 6.10 Å². The minimum atomic E-state index is -2.72. The Hall–Kier alpha value is 0.628. The lowest BCUT2D eigenvalue weighted by molar-refractivity contribution is 0.111. The van der Waals surface area contributed by atoms with E-state index in [9.17, 15) is 19.2 Å². The zero-order valence-corrected chi connectivity index (χ0v) is 22.5. The fraction of sp³-hybridized carbons (Fsp3) is 1.00. The van der Waals surface area contributed by atoms with E-state index in [1.54, 1.807) is 0 Å². The van der Waals surface area contributed by atoms with Crippen LogP contribution in [0.3, 0.4) is 0 Å². The zero-order valence-electron chi connectivity index (χ0n) is 18.5. The molecule has 0 aromatic heterocycles. The van der Waals surface area contributed by atoms with E-state index in [0.717, 1.165) is 6.61 Å². The SMILES string of the molecule is C[Si](C)(O)CC(C(C(CCOCC1CO1)[Si](C)(C)O)[Si](C)(C)O)[Si](C)(C)O. The molecule has 27 heavy (non-hydrogen) atoms. The van der Waals surface area contributed by atoms with E-state index in [1.807, 2.05) is 52.4 Å². The van der Waals surface area contributed by atoms with E-state index >= 15 is 0 Å². The maximum absolute atomic E-state index is 11.2. The Morgan fingerprint density at radius 3 is 1.67 bits per heavy atom. The van der Waals surface area contributed by atoms with Crippen molar-refractivity contribution in [1.82, 2.24) is 0 Å². The third-order valence-corrected chi connectivity index (χ3v) is 15.3. The van der Waals surface area contributed by atoms with E-state index in [1.165, 1.54) is 0 Å². The summed E-state index contributed by atoms with van der Waals surface area (Å²) in [6, 6.07) is 0.558. The molecule has 1 rings (SSSR count). The first kappa shape index (κ1) is 25.7. The Morgan fingerprint density at radius 2 is 1.33 bits per heavy atom. The van der Waals surface area contributed by atoms with E-state index in [4.69, 9.17) is 9.47 Å². The molecular weight excluding hydrogens is 413 g/mol. The molecule has 4 N–H and O–H groups in total. The van der Waals surface area contributed by atoms with Gasteiger partial charge in [-0.25, -0.2) is 0 Å². The van der Waals surface area contributed by atoms with Gasteiger partial charge < -0.3 is 28.7 Å². The number of hydrogen-bond acceptors (Lipinski definition) is 6. The van der Waals surface area contributed by atoms with Gasteiger partial charge in [-0.3, -0.25) is 0 Å². The van der Waals surface area contributed by atoms with Crippen LogP contribution in [0, 0.1) is 0 Å². The van der Waals surface area contributed by atoms with Gasteiger partial charge in [-0.2, -0.15) is 0 Å². The molecule has 1 aliphatic heterocycles. The molecule has 6 nitrogen and oxygen atoms in total. The van der Waals surface area contributed by atoms with Crippen molar-refractivity contribution in [3.8, 4) is 0 Å². The van der Waals surface area contributed by atoms with Gasteiger partial charge in [0, 0.05) is 6.61 Å². The van der Waals surface area contributed by atoms with Gasteiger partial charge in [0.15, 0.2) is 33.3 Å². The largest absolute Gasteiger partial charge is 0.432 e. The molecule has 4 atom stereocenters. The van der Waals surface area contributed by atoms with Crippen LogP contribution in [0.2, 0.25) is 75.0 Å². The van der Waals surface area contributed by atoms with Gasteiger partial charge in [0.05, 0.1) is 13.2 Å². The lowest BCUT2D eigenvalue weighted by Gasteiger charge is -2.48. The molecular formula is C17H42O6Si4. The Labute approximate surface area is 169 Å². The summed E-state index contributed by atoms with van der Waals surface area (Å²) in [6.07, 6.45) is 0.874. The van der Waals surface area contributed by atoms with Crippen molar-refractivity contribution in [3.63, 3.8) is 0 Å². The smallest absolute Gasteiger partial charge is 0.185 e. The number of rotatable bonds is 12. The van der Waals surface area contributed by atoms with Crippen LogP contribution in [0.25, 0.3) is 0 Å². The average molecular weight is 455 g/mol. The first-order valence-electron chi connectivity index (χ1n) is 10.0. The molecule has 0 aromatic carbocycles. The molecule has 0 bridgehead atoms. The second kappa shape index (κ2) is 9.19. The van der Waals surface area contributed by atoms with Crippen molar-refractivity contribution in [3.05, 3.63) is 0 Å². The maximum Gasteiger partial charge on any atom is 0.185 e. The fourth-order valence-corrected chi connectivity index (χ4v) is 19.6. The molecule has 1 fully saturated rings. The third kappa shape index (κ3) is 9.32. The summed E-state index contributed by atoms with van der Waals surface area (Å²) in [5, 5.41) is 0. The van der Waals surface area contributed by atoms with Gasteiger partial charge in [-0.15, -0.1) is 0 Å². The molecule has 1 heterocycles. The summed E-state index contributed by atoms with van der Waals surface area (Å²) in [5.41, 5.74) is -0.369. The molecule has 1 aliphatic rings. The van der Waals surface area contributed by atoms with E-state index in [-0.39, 0.29) is 22.7 Å². The van der Waals surface area contributed by atoms with E-state index < -0.39 is 33.3 Å². The molecule has 162 valence electrons. The Kier molecular flexibility index (Phi) is 8.73. The second-order valence-electron chi connectivity index (χ2n) is 10.5. The monoisotopic (exact) mass is 454 g/mol. The van der Waals surface area contributed by atoms with Gasteiger partial charge in [0.2, 0.25) is 0 Å². The first-order valence-corrected chi connectivity index (χ1v) is 22.2. The standard InChI is InChI=1S/C17H42O6Si4/c1-24(2,18)13-16(26(5,6)20)17(27(7,8)21)15(25(3,4)19)9-10-22-11-14-12-23-14/h14-21H,9-13H2,1-8H3. The van der Waals surface area contributed by atoms with Gasteiger partial charge >= 0.3 is 0 Å². The highest BCUT2D eigenvalue weighted by atomic mass is 28.4.